The minimum atomic E-state index is -4.55. The first kappa shape index (κ1) is 21.3. The highest BCUT2D eigenvalue weighted by Gasteiger charge is 2.40. The van der Waals surface area contributed by atoms with Crippen LogP contribution in [0.25, 0.3) is 0 Å². The number of benzene rings is 2. The van der Waals surface area contributed by atoms with Crippen molar-refractivity contribution in [2.75, 3.05) is 22.5 Å². The van der Waals surface area contributed by atoms with Crippen LogP contribution in [0.3, 0.4) is 0 Å². The summed E-state index contributed by atoms with van der Waals surface area (Å²) < 4.78 is 53.6. The van der Waals surface area contributed by atoms with E-state index in [1.54, 1.807) is 6.07 Å². The van der Waals surface area contributed by atoms with Gasteiger partial charge in [-0.05, 0) is 42.8 Å². The first-order valence-corrected chi connectivity index (χ1v) is 10.3. The number of pyridine rings is 1. The van der Waals surface area contributed by atoms with Gasteiger partial charge in [-0.15, -0.1) is 0 Å². The van der Waals surface area contributed by atoms with Gasteiger partial charge in [0.25, 0.3) is 0 Å². The van der Waals surface area contributed by atoms with E-state index in [2.05, 4.69) is 15.6 Å². The van der Waals surface area contributed by atoms with E-state index < -0.39 is 29.6 Å². The zero-order valence-corrected chi connectivity index (χ0v) is 17.6. The Hall–Kier alpha value is -3.53. The number of carbonyl (C=O) groups excluding carboxylic acids is 1. The average Bonchev–Trinajstić information content (AvgIpc) is 3.20. The van der Waals surface area contributed by atoms with Crippen molar-refractivity contribution in [2.45, 2.75) is 18.6 Å². The molecule has 0 aliphatic carbocycles. The third-order valence-electron chi connectivity index (χ3n) is 5.76. The summed E-state index contributed by atoms with van der Waals surface area (Å²) in [6, 6.07) is 5.84. The van der Waals surface area contributed by atoms with Crippen molar-refractivity contribution >= 4 is 40.5 Å². The van der Waals surface area contributed by atoms with E-state index in [9.17, 15) is 22.4 Å². The molecule has 1 unspecified atom stereocenters. The average molecular weight is 478 g/mol. The molecule has 2 aromatic carbocycles. The number of urea groups is 1. The number of alkyl halides is 3. The Balaban J connectivity index is 1.70. The van der Waals surface area contributed by atoms with Crippen molar-refractivity contribution < 1.29 is 22.4 Å². The number of nitrogen functional groups attached to an aromatic ring is 1. The highest BCUT2D eigenvalue weighted by atomic mass is 35.5. The Morgan fingerprint density at radius 3 is 2.76 bits per heavy atom. The largest absolute Gasteiger partial charge is 0.416 e. The van der Waals surface area contributed by atoms with E-state index in [-0.39, 0.29) is 10.8 Å². The molecule has 11 heteroatoms. The van der Waals surface area contributed by atoms with E-state index in [0.29, 0.717) is 41.2 Å². The number of hydrogen-bond acceptors (Lipinski definition) is 4. The fourth-order valence-corrected chi connectivity index (χ4v) is 4.53. The Kier molecular flexibility index (Phi) is 4.86. The first-order valence-electron chi connectivity index (χ1n) is 9.92. The van der Waals surface area contributed by atoms with Crippen molar-refractivity contribution in [1.29, 1.82) is 0 Å². The summed E-state index contributed by atoms with van der Waals surface area (Å²) >= 11 is 6.34. The second kappa shape index (κ2) is 7.51. The van der Waals surface area contributed by atoms with Gasteiger partial charge in [0.2, 0.25) is 0 Å². The molecule has 170 valence electrons. The second-order valence-electron chi connectivity index (χ2n) is 7.76. The summed E-state index contributed by atoms with van der Waals surface area (Å²) in [5.41, 5.74) is 8.17. The Bertz CT molecular complexity index is 1300. The van der Waals surface area contributed by atoms with Crippen LogP contribution in [0.2, 0.25) is 5.02 Å². The molecule has 0 spiro atoms. The number of hydrogen-bond donors (Lipinski definition) is 3. The lowest BCUT2D eigenvalue weighted by atomic mass is 9.91. The predicted octanol–water partition coefficient (Wildman–Crippen LogP) is 5.39. The Morgan fingerprint density at radius 1 is 1.21 bits per heavy atom. The molecule has 2 aliphatic heterocycles. The SMILES string of the molecule is Nc1cc(Nc2cc(C(F)(F)F)ccn2)c2c3c1CCN3C(=O)NC2c1cc(F)ccc1Cl. The molecule has 0 bridgehead atoms. The van der Waals surface area contributed by atoms with Gasteiger partial charge in [-0.25, -0.2) is 14.2 Å². The normalized spacial score (nSPS) is 17.1. The lowest BCUT2D eigenvalue weighted by molar-refractivity contribution is -0.137. The van der Waals surface area contributed by atoms with Gasteiger partial charge < -0.3 is 16.4 Å². The van der Waals surface area contributed by atoms with Crippen LogP contribution >= 0.6 is 11.6 Å². The summed E-state index contributed by atoms with van der Waals surface area (Å²) in [5.74, 6) is -0.613. The molecule has 0 saturated carbocycles. The fraction of sp³-hybridized carbons (Fsp3) is 0.182. The van der Waals surface area contributed by atoms with Gasteiger partial charge in [-0.3, -0.25) is 4.90 Å². The van der Waals surface area contributed by atoms with Crippen LogP contribution in [0.15, 0.2) is 42.6 Å². The number of nitrogens with zero attached hydrogens (tertiary/aromatic N) is 2. The molecule has 1 aromatic heterocycles. The molecule has 1 atom stereocenters. The van der Waals surface area contributed by atoms with Crippen molar-refractivity contribution in [3.05, 3.63) is 75.7 Å². The maximum absolute atomic E-state index is 14.1. The molecule has 33 heavy (non-hydrogen) atoms. The first-order chi connectivity index (χ1) is 15.6. The molecule has 2 amide bonds. The topological polar surface area (TPSA) is 83.3 Å². The van der Waals surface area contributed by atoms with Crippen molar-refractivity contribution in [1.82, 2.24) is 10.3 Å². The van der Waals surface area contributed by atoms with Crippen molar-refractivity contribution in [3.63, 3.8) is 0 Å². The second-order valence-corrected chi connectivity index (χ2v) is 8.16. The quantitative estimate of drug-likeness (QED) is 0.349. The van der Waals surface area contributed by atoms with Crippen LogP contribution in [-0.2, 0) is 12.6 Å². The molecule has 4 N–H and O–H groups in total. The lowest BCUT2D eigenvalue weighted by Crippen LogP contribution is -2.46. The van der Waals surface area contributed by atoms with Gasteiger partial charge >= 0.3 is 12.2 Å². The van der Waals surface area contributed by atoms with Crippen LogP contribution in [0.4, 0.5) is 45.2 Å². The highest BCUT2D eigenvalue weighted by molar-refractivity contribution is 6.31. The third-order valence-corrected chi connectivity index (χ3v) is 6.10. The molecule has 2 aliphatic rings. The van der Waals surface area contributed by atoms with Crippen molar-refractivity contribution in [3.8, 4) is 0 Å². The van der Waals surface area contributed by atoms with E-state index in [1.807, 2.05) is 0 Å². The molecule has 0 radical (unpaired) electrons. The van der Waals surface area contributed by atoms with Gasteiger partial charge in [0.1, 0.15) is 11.6 Å². The van der Waals surface area contributed by atoms with Gasteiger partial charge in [0.15, 0.2) is 0 Å². The van der Waals surface area contributed by atoms with Gasteiger partial charge in [0.05, 0.1) is 17.3 Å². The van der Waals surface area contributed by atoms with Gasteiger partial charge in [-0.2, -0.15) is 13.2 Å². The van der Waals surface area contributed by atoms with Gasteiger partial charge in [0, 0.05) is 45.8 Å². The minimum Gasteiger partial charge on any atom is -0.398 e. The van der Waals surface area contributed by atoms with Crippen LogP contribution in [0, 0.1) is 5.82 Å². The number of nitrogens with two attached hydrogens (primary N) is 1. The summed E-state index contributed by atoms with van der Waals surface area (Å²) in [4.78, 5) is 18.3. The third kappa shape index (κ3) is 3.60. The smallest absolute Gasteiger partial charge is 0.398 e. The molecular weight excluding hydrogens is 462 g/mol. The fourth-order valence-electron chi connectivity index (χ4n) is 4.31. The molecule has 6 nitrogen and oxygen atoms in total. The van der Waals surface area contributed by atoms with E-state index in [1.165, 1.54) is 23.1 Å². The predicted molar refractivity (Wildman–Crippen MR) is 116 cm³/mol. The number of amides is 2. The zero-order valence-electron chi connectivity index (χ0n) is 16.8. The summed E-state index contributed by atoms with van der Waals surface area (Å²) in [6.07, 6.45) is -3.00. The van der Waals surface area contributed by atoms with E-state index in [4.69, 9.17) is 17.3 Å². The molecule has 5 rings (SSSR count). The minimum absolute atomic E-state index is 0.0639. The molecular formula is C22H16ClF4N5O. The number of nitrogens with one attached hydrogen (secondary N) is 2. The summed E-state index contributed by atoms with van der Waals surface area (Å²) in [7, 11) is 0. The van der Waals surface area contributed by atoms with E-state index >= 15 is 0 Å². The number of halogens is 5. The number of anilines is 4. The maximum Gasteiger partial charge on any atom is 0.416 e. The van der Waals surface area contributed by atoms with Crippen LogP contribution in [0.1, 0.15) is 28.3 Å². The summed E-state index contributed by atoms with van der Waals surface area (Å²) in [5, 5.41) is 5.95. The van der Waals surface area contributed by atoms with Crippen molar-refractivity contribution in [2.24, 2.45) is 0 Å². The zero-order chi connectivity index (χ0) is 23.5. The number of rotatable bonds is 3. The van der Waals surface area contributed by atoms with Crippen LogP contribution in [0.5, 0.6) is 0 Å². The lowest BCUT2D eigenvalue weighted by Gasteiger charge is -2.35. The summed E-state index contributed by atoms with van der Waals surface area (Å²) in [6.45, 7) is 0.382. The van der Waals surface area contributed by atoms with Crippen LogP contribution < -0.4 is 21.3 Å². The Labute approximate surface area is 190 Å². The van der Waals surface area contributed by atoms with E-state index in [0.717, 1.165) is 23.9 Å². The van der Waals surface area contributed by atoms with Crippen LogP contribution in [-0.4, -0.2) is 17.6 Å². The molecule has 0 saturated heterocycles. The standard InChI is InChI=1S/C22H16ClF4N5O/c23-14-2-1-11(24)8-13(14)19-18-16(30-17-7-10(3-5-29-17)22(25,26)27)9-15(28)12-4-6-32(20(12)18)21(33)31-19/h1-3,5,7-9,19H,4,6,28H2,(H,29,30)(H,31,33). The van der Waals surface area contributed by atoms with Gasteiger partial charge in [-0.1, -0.05) is 11.6 Å². The Morgan fingerprint density at radius 2 is 2.00 bits per heavy atom. The molecule has 0 fully saturated rings. The highest BCUT2D eigenvalue weighted by Crippen LogP contribution is 2.49. The monoisotopic (exact) mass is 477 g/mol. The number of aromatic nitrogens is 1. The maximum atomic E-state index is 14.1. The molecule has 3 aromatic rings. The number of carbonyl (C=O) groups is 1. The molecule has 3 heterocycles.